The number of epoxide rings is 1. The number of methoxy groups -OCH3 is 2. The molecular weight excluding hydrogens is 378 g/mol. The summed E-state index contributed by atoms with van der Waals surface area (Å²) in [6.45, 7) is 2.43. The van der Waals surface area contributed by atoms with Crippen molar-refractivity contribution in [3.63, 3.8) is 0 Å². The summed E-state index contributed by atoms with van der Waals surface area (Å²) < 4.78 is 20.6. The Bertz CT molecular complexity index is 817. The minimum absolute atomic E-state index is 0.0346. The average molecular weight is 403 g/mol. The van der Waals surface area contributed by atoms with E-state index in [1.807, 2.05) is 12.1 Å². The summed E-state index contributed by atoms with van der Waals surface area (Å²) in [6, 6.07) is 8.05. The van der Waals surface area contributed by atoms with E-state index < -0.39 is 0 Å². The lowest BCUT2D eigenvalue weighted by atomic mass is 9.95. The van der Waals surface area contributed by atoms with Gasteiger partial charge in [0.15, 0.2) is 12.5 Å². The number of benzene rings is 1. The lowest BCUT2D eigenvalue weighted by Gasteiger charge is -2.20. The van der Waals surface area contributed by atoms with Gasteiger partial charge >= 0.3 is 12.2 Å². The first kappa shape index (κ1) is 18.7. The first-order valence-electron chi connectivity index (χ1n) is 9.87. The highest BCUT2D eigenvalue weighted by molar-refractivity contribution is 5.89. The van der Waals surface area contributed by atoms with E-state index in [1.54, 1.807) is 16.9 Å². The average Bonchev–Trinajstić information content (AvgIpc) is 3.59. The molecule has 0 radical (unpaired) electrons. The van der Waals surface area contributed by atoms with Crippen LogP contribution in [0, 0.1) is 5.92 Å². The molecule has 0 bridgehead atoms. The first-order chi connectivity index (χ1) is 14.0. The second-order valence-electron chi connectivity index (χ2n) is 8.14. The third-order valence-corrected chi connectivity index (χ3v) is 6.44. The Morgan fingerprint density at radius 3 is 2.76 bits per heavy atom. The predicted molar refractivity (Wildman–Crippen MR) is 101 cm³/mol. The monoisotopic (exact) mass is 403 g/mol. The maximum Gasteiger partial charge on any atom is 0.414 e. The minimum atomic E-state index is -0.343. The van der Waals surface area contributed by atoms with Gasteiger partial charge in [0.2, 0.25) is 0 Å². The van der Waals surface area contributed by atoms with Gasteiger partial charge in [0, 0.05) is 37.8 Å². The summed E-state index contributed by atoms with van der Waals surface area (Å²) in [7, 11) is 3.01. The number of carbonyl (C=O) groups excluding carboxylic acids is 2. The van der Waals surface area contributed by atoms with E-state index in [0.29, 0.717) is 25.6 Å². The van der Waals surface area contributed by atoms with Gasteiger partial charge in [0.1, 0.15) is 6.10 Å². The third-order valence-electron chi connectivity index (χ3n) is 6.44. The molecule has 0 spiro atoms. The molecule has 1 aromatic rings. The molecule has 29 heavy (non-hydrogen) atoms. The highest BCUT2D eigenvalue weighted by Crippen LogP contribution is 2.59. The molecule has 1 aliphatic carbocycles. The number of hydrogen-bond donors (Lipinski definition) is 1. The molecule has 9 nitrogen and oxygen atoms in total. The van der Waals surface area contributed by atoms with Gasteiger partial charge in [-0.25, -0.2) is 9.59 Å². The second kappa shape index (κ2) is 6.86. The van der Waals surface area contributed by atoms with Crippen molar-refractivity contribution in [3.8, 4) is 0 Å². The fraction of sp³-hybridized carbons (Fsp3) is 0.600. The molecule has 2 amide bonds. The molecule has 3 heterocycles. The molecule has 9 heteroatoms. The molecule has 4 fully saturated rings. The largest absolute Gasteiger partial charge is 0.453 e. The Balaban J connectivity index is 1.20. The number of nitrogens with zero attached hydrogens (tertiary/aromatic N) is 2. The molecular formula is C20H25N3O6. The van der Waals surface area contributed by atoms with Crippen LogP contribution < -0.4 is 10.2 Å². The fourth-order valence-electron chi connectivity index (χ4n) is 4.68. The number of likely N-dealkylation sites (tertiary alicyclic amines) is 1. The minimum Gasteiger partial charge on any atom is -0.453 e. The summed E-state index contributed by atoms with van der Waals surface area (Å²) >= 11 is 0. The standard InChI is InChI=1S/C20H25N3O6/c1-26-17-16(29-17)21-8-15-10-23(19(25)28-15)14-5-3-12(4-6-14)20-7-13(20)9-22(11-20)18(24)27-2/h3-6,13,15-17,21H,7-11H2,1-2H3/t13?,15-,16?,17?,20?/m0/s1. The van der Waals surface area contributed by atoms with Gasteiger partial charge in [-0.05, 0) is 30.0 Å². The Kier molecular flexibility index (Phi) is 4.41. The molecule has 1 aromatic carbocycles. The Morgan fingerprint density at radius 1 is 1.28 bits per heavy atom. The van der Waals surface area contributed by atoms with Crippen molar-refractivity contribution in [1.29, 1.82) is 0 Å². The number of rotatable bonds is 6. The quantitative estimate of drug-likeness (QED) is 0.715. The van der Waals surface area contributed by atoms with E-state index in [2.05, 4.69) is 17.4 Å². The van der Waals surface area contributed by atoms with Crippen molar-refractivity contribution in [1.82, 2.24) is 10.2 Å². The molecule has 5 rings (SSSR count). The maximum absolute atomic E-state index is 12.3. The van der Waals surface area contributed by atoms with Gasteiger partial charge in [-0.2, -0.15) is 0 Å². The van der Waals surface area contributed by atoms with Crippen molar-refractivity contribution in [2.45, 2.75) is 30.5 Å². The Hall–Kier alpha value is -2.36. The molecule has 156 valence electrons. The number of anilines is 1. The van der Waals surface area contributed by atoms with Crippen LogP contribution in [0.4, 0.5) is 15.3 Å². The number of ether oxygens (including phenoxy) is 4. The maximum atomic E-state index is 12.3. The van der Waals surface area contributed by atoms with E-state index in [4.69, 9.17) is 18.9 Å². The van der Waals surface area contributed by atoms with Gasteiger partial charge in [0.25, 0.3) is 0 Å². The van der Waals surface area contributed by atoms with Gasteiger partial charge in [-0.1, -0.05) is 12.1 Å². The van der Waals surface area contributed by atoms with Crippen molar-refractivity contribution in [2.24, 2.45) is 5.92 Å². The van der Waals surface area contributed by atoms with Crippen molar-refractivity contribution < 1.29 is 28.5 Å². The zero-order valence-corrected chi connectivity index (χ0v) is 16.5. The number of nitrogens with one attached hydrogen (secondary N) is 1. The summed E-state index contributed by atoms with van der Waals surface area (Å²) in [4.78, 5) is 27.5. The van der Waals surface area contributed by atoms with Crippen molar-refractivity contribution >= 4 is 17.9 Å². The summed E-state index contributed by atoms with van der Waals surface area (Å²) in [5, 5.41) is 3.17. The van der Waals surface area contributed by atoms with Crippen LogP contribution in [0.25, 0.3) is 0 Å². The normalized spacial score (nSPS) is 34.8. The van der Waals surface area contributed by atoms with Crippen LogP contribution >= 0.6 is 0 Å². The highest BCUT2D eigenvalue weighted by Gasteiger charge is 2.61. The molecule has 3 saturated heterocycles. The van der Waals surface area contributed by atoms with E-state index >= 15 is 0 Å². The molecule has 1 N–H and O–H groups in total. The molecule has 1 saturated carbocycles. The number of fused-ring (bicyclic) bond motifs is 1. The van der Waals surface area contributed by atoms with Crippen LogP contribution in [-0.4, -0.2) is 76.1 Å². The Labute approximate surface area is 168 Å². The molecule has 4 aliphatic rings. The van der Waals surface area contributed by atoms with E-state index in [0.717, 1.165) is 18.7 Å². The number of cyclic esters (lactones) is 1. The van der Waals surface area contributed by atoms with Gasteiger partial charge in [-0.3, -0.25) is 10.2 Å². The van der Waals surface area contributed by atoms with Crippen LogP contribution in [0.1, 0.15) is 12.0 Å². The van der Waals surface area contributed by atoms with Crippen LogP contribution in [-0.2, 0) is 24.4 Å². The van der Waals surface area contributed by atoms with E-state index in [-0.39, 0.29) is 36.2 Å². The molecule has 4 unspecified atom stereocenters. The topological polar surface area (TPSA) is 92.9 Å². The van der Waals surface area contributed by atoms with Crippen molar-refractivity contribution in [2.75, 3.05) is 45.3 Å². The Morgan fingerprint density at radius 2 is 2.07 bits per heavy atom. The summed E-state index contributed by atoms with van der Waals surface area (Å²) in [5.74, 6) is 0.486. The van der Waals surface area contributed by atoms with Crippen molar-refractivity contribution in [3.05, 3.63) is 29.8 Å². The predicted octanol–water partition coefficient (Wildman–Crippen LogP) is 1.27. The number of carbonyl (C=O) groups is 2. The molecule has 0 aromatic heterocycles. The lowest BCUT2D eigenvalue weighted by Crippen LogP contribution is -2.33. The smallest absolute Gasteiger partial charge is 0.414 e. The first-order valence-corrected chi connectivity index (χ1v) is 9.87. The summed E-state index contributed by atoms with van der Waals surface area (Å²) in [5.41, 5.74) is 2.06. The molecule has 3 aliphatic heterocycles. The van der Waals surface area contributed by atoms with E-state index in [1.165, 1.54) is 12.7 Å². The molecule has 5 atom stereocenters. The van der Waals surface area contributed by atoms with Gasteiger partial charge < -0.3 is 23.8 Å². The number of amides is 2. The zero-order chi connectivity index (χ0) is 20.2. The lowest BCUT2D eigenvalue weighted by molar-refractivity contribution is 0.0949. The van der Waals surface area contributed by atoms with Crippen LogP contribution in [0.15, 0.2) is 24.3 Å². The SMILES string of the molecule is COC(=O)N1CC2CC2(c2ccc(N3C[C@H](CNC4OC4OC)OC3=O)cc2)C1. The summed E-state index contributed by atoms with van der Waals surface area (Å²) in [6.07, 6.45) is -0.101. The van der Waals surface area contributed by atoms with Crippen LogP contribution in [0.2, 0.25) is 0 Å². The number of hydrogen-bond acceptors (Lipinski definition) is 7. The van der Waals surface area contributed by atoms with Gasteiger partial charge in [-0.15, -0.1) is 0 Å². The second-order valence-corrected chi connectivity index (χ2v) is 8.14. The fourth-order valence-corrected chi connectivity index (χ4v) is 4.68. The van der Waals surface area contributed by atoms with Crippen LogP contribution in [0.5, 0.6) is 0 Å². The highest BCUT2D eigenvalue weighted by atomic mass is 16.8. The van der Waals surface area contributed by atoms with E-state index in [9.17, 15) is 9.59 Å². The van der Waals surface area contributed by atoms with Gasteiger partial charge in [0.05, 0.1) is 13.7 Å². The third kappa shape index (κ3) is 3.23. The number of piperidine rings is 1. The zero-order valence-electron chi connectivity index (χ0n) is 16.5. The van der Waals surface area contributed by atoms with Crippen LogP contribution in [0.3, 0.4) is 0 Å².